The van der Waals surface area contributed by atoms with Crippen molar-refractivity contribution in [3.05, 3.63) is 0 Å². The number of sulfonamides is 1. The molecule has 0 aromatic rings. The molecule has 0 saturated carbocycles. The van der Waals surface area contributed by atoms with E-state index in [1.807, 2.05) is 0 Å². The third kappa shape index (κ3) is 2.57. The van der Waals surface area contributed by atoms with Crippen LogP contribution < -0.4 is 0 Å². The summed E-state index contributed by atoms with van der Waals surface area (Å²) in [5.41, 5.74) is 0. The molecule has 0 N–H and O–H groups in total. The Morgan fingerprint density at radius 3 is 2.00 bits per heavy atom. The smallest absolute Gasteiger partial charge is 0.211 e. The zero-order chi connectivity index (χ0) is 11.9. The minimum atomic E-state index is -2.97. The van der Waals surface area contributed by atoms with Gasteiger partial charge in [-0.25, -0.2) is 12.7 Å². The lowest BCUT2D eigenvalue weighted by molar-refractivity contribution is 0.267. The maximum Gasteiger partial charge on any atom is 0.211 e. The maximum absolute atomic E-state index is 11.4. The van der Waals surface area contributed by atoms with Crippen LogP contribution in [-0.2, 0) is 10.0 Å². The topological polar surface area (TPSA) is 40.6 Å². The monoisotopic (exact) mass is 246 g/mol. The summed E-state index contributed by atoms with van der Waals surface area (Å²) in [7, 11) is -2.97. The second-order valence-electron chi connectivity index (χ2n) is 5.71. The number of hydrogen-bond donors (Lipinski definition) is 0. The van der Waals surface area contributed by atoms with E-state index < -0.39 is 10.0 Å². The van der Waals surface area contributed by atoms with E-state index in [2.05, 4.69) is 18.7 Å². The highest BCUT2D eigenvalue weighted by Gasteiger charge is 2.42. The number of fused-ring (bicyclic) bond motifs is 1. The summed E-state index contributed by atoms with van der Waals surface area (Å²) in [5.74, 6) is 1.83. The molecule has 0 bridgehead atoms. The van der Waals surface area contributed by atoms with Gasteiger partial charge in [0.15, 0.2) is 0 Å². The van der Waals surface area contributed by atoms with Crippen molar-refractivity contribution in [2.75, 3.05) is 39.0 Å². The van der Waals surface area contributed by atoms with Crippen molar-refractivity contribution >= 4 is 10.0 Å². The first-order valence-electron chi connectivity index (χ1n) is 6.03. The van der Waals surface area contributed by atoms with Gasteiger partial charge in [-0.15, -0.1) is 0 Å². The molecule has 0 spiro atoms. The van der Waals surface area contributed by atoms with Gasteiger partial charge in [0.2, 0.25) is 10.0 Å². The standard InChI is InChI=1S/C11H22N2O2S/c1-9(2)4-12-5-10-7-13(16(3,14)15)8-11(10)6-12/h9-11H,4-8H2,1-3H3. The molecular weight excluding hydrogens is 224 g/mol. The molecule has 5 heteroatoms. The number of hydrogen-bond acceptors (Lipinski definition) is 3. The molecule has 16 heavy (non-hydrogen) atoms. The molecule has 0 aliphatic carbocycles. The molecule has 2 aliphatic rings. The van der Waals surface area contributed by atoms with E-state index >= 15 is 0 Å². The summed E-state index contributed by atoms with van der Waals surface area (Å²) in [6.45, 7) is 9.24. The second kappa shape index (κ2) is 4.27. The van der Waals surface area contributed by atoms with Crippen LogP contribution in [0.15, 0.2) is 0 Å². The Labute approximate surface area is 98.7 Å². The highest BCUT2D eigenvalue weighted by Crippen LogP contribution is 2.32. The fraction of sp³-hybridized carbons (Fsp3) is 1.00. The summed E-state index contributed by atoms with van der Waals surface area (Å²) in [6, 6.07) is 0. The van der Waals surface area contributed by atoms with Crippen LogP contribution in [0.4, 0.5) is 0 Å². The first-order valence-corrected chi connectivity index (χ1v) is 7.88. The fourth-order valence-corrected chi connectivity index (χ4v) is 3.91. The van der Waals surface area contributed by atoms with Gasteiger partial charge < -0.3 is 4.90 Å². The average molecular weight is 246 g/mol. The molecule has 0 radical (unpaired) electrons. The molecule has 2 saturated heterocycles. The number of nitrogens with zero attached hydrogens (tertiary/aromatic N) is 2. The summed E-state index contributed by atoms with van der Waals surface area (Å²) >= 11 is 0. The molecule has 94 valence electrons. The van der Waals surface area contributed by atoms with Crippen molar-refractivity contribution in [2.45, 2.75) is 13.8 Å². The Morgan fingerprint density at radius 1 is 1.12 bits per heavy atom. The molecule has 2 aliphatic heterocycles. The molecule has 2 atom stereocenters. The highest BCUT2D eigenvalue weighted by atomic mass is 32.2. The van der Waals surface area contributed by atoms with Crippen LogP contribution in [0, 0.1) is 17.8 Å². The largest absolute Gasteiger partial charge is 0.302 e. The van der Waals surface area contributed by atoms with Crippen molar-refractivity contribution in [1.82, 2.24) is 9.21 Å². The molecule has 2 heterocycles. The summed E-state index contributed by atoms with van der Waals surface area (Å²) in [6.07, 6.45) is 1.32. The molecule has 2 rings (SSSR count). The third-order valence-electron chi connectivity index (χ3n) is 3.62. The van der Waals surface area contributed by atoms with Crippen LogP contribution >= 0.6 is 0 Å². The van der Waals surface area contributed by atoms with Gasteiger partial charge >= 0.3 is 0 Å². The Kier molecular flexibility index (Phi) is 3.29. The van der Waals surface area contributed by atoms with E-state index in [9.17, 15) is 8.42 Å². The van der Waals surface area contributed by atoms with Crippen molar-refractivity contribution in [3.63, 3.8) is 0 Å². The Bertz CT molecular complexity index is 339. The van der Waals surface area contributed by atoms with Crippen molar-refractivity contribution in [2.24, 2.45) is 17.8 Å². The number of likely N-dealkylation sites (tertiary alicyclic amines) is 1. The van der Waals surface area contributed by atoms with E-state index in [1.54, 1.807) is 4.31 Å². The number of rotatable bonds is 3. The van der Waals surface area contributed by atoms with Crippen molar-refractivity contribution in [1.29, 1.82) is 0 Å². The molecule has 0 amide bonds. The first-order chi connectivity index (χ1) is 7.36. The van der Waals surface area contributed by atoms with Gasteiger partial charge in [0, 0.05) is 32.7 Å². The van der Waals surface area contributed by atoms with Crippen LogP contribution in [0.1, 0.15) is 13.8 Å². The lowest BCUT2D eigenvalue weighted by atomic mass is 10.0. The van der Waals surface area contributed by atoms with Gasteiger partial charge in [0.25, 0.3) is 0 Å². The summed E-state index contributed by atoms with van der Waals surface area (Å²) in [5, 5.41) is 0. The molecule has 2 fully saturated rings. The fourth-order valence-electron chi connectivity index (χ4n) is 2.98. The molecule has 4 nitrogen and oxygen atoms in total. The van der Waals surface area contributed by atoms with Crippen molar-refractivity contribution in [3.8, 4) is 0 Å². The zero-order valence-electron chi connectivity index (χ0n) is 10.4. The maximum atomic E-state index is 11.4. The minimum Gasteiger partial charge on any atom is -0.302 e. The molecule has 0 aromatic carbocycles. The second-order valence-corrected chi connectivity index (χ2v) is 7.69. The zero-order valence-corrected chi connectivity index (χ0v) is 11.2. The van der Waals surface area contributed by atoms with Gasteiger partial charge in [0.1, 0.15) is 0 Å². The van der Waals surface area contributed by atoms with E-state index in [1.165, 1.54) is 6.26 Å². The lowest BCUT2D eigenvalue weighted by Crippen LogP contribution is -2.33. The average Bonchev–Trinajstić information content (AvgIpc) is 2.57. The predicted molar refractivity (Wildman–Crippen MR) is 64.7 cm³/mol. The molecule has 0 aromatic heterocycles. The Morgan fingerprint density at radius 2 is 1.62 bits per heavy atom. The van der Waals surface area contributed by atoms with Gasteiger partial charge in [-0.05, 0) is 17.8 Å². The van der Waals surface area contributed by atoms with Gasteiger partial charge in [-0.2, -0.15) is 0 Å². The summed E-state index contributed by atoms with van der Waals surface area (Å²) < 4.78 is 24.5. The van der Waals surface area contributed by atoms with Gasteiger partial charge in [0.05, 0.1) is 6.26 Å². The van der Waals surface area contributed by atoms with Crippen LogP contribution in [0.5, 0.6) is 0 Å². The summed E-state index contributed by atoms with van der Waals surface area (Å²) in [4.78, 5) is 2.49. The SMILES string of the molecule is CC(C)CN1CC2CN(S(C)(=O)=O)CC2C1. The Hall–Kier alpha value is -0.130. The van der Waals surface area contributed by atoms with Gasteiger partial charge in [-0.3, -0.25) is 0 Å². The lowest BCUT2D eigenvalue weighted by Gasteiger charge is -2.21. The first kappa shape index (κ1) is 12.3. The van der Waals surface area contributed by atoms with Crippen LogP contribution in [0.3, 0.4) is 0 Å². The van der Waals surface area contributed by atoms with Crippen molar-refractivity contribution < 1.29 is 8.42 Å². The van der Waals surface area contributed by atoms with E-state index in [0.29, 0.717) is 17.8 Å². The minimum absolute atomic E-state index is 0.563. The quantitative estimate of drug-likeness (QED) is 0.726. The highest BCUT2D eigenvalue weighted by molar-refractivity contribution is 7.88. The van der Waals surface area contributed by atoms with E-state index in [-0.39, 0.29) is 0 Å². The van der Waals surface area contributed by atoms with E-state index in [0.717, 1.165) is 32.7 Å². The third-order valence-corrected chi connectivity index (χ3v) is 4.86. The molecule has 2 unspecified atom stereocenters. The Balaban J connectivity index is 1.91. The van der Waals surface area contributed by atoms with E-state index in [4.69, 9.17) is 0 Å². The van der Waals surface area contributed by atoms with Crippen LogP contribution in [-0.4, -0.2) is 56.6 Å². The molecular formula is C11H22N2O2S. The van der Waals surface area contributed by atoms with Crippen LogP contribution in [0.25, 0.3) is 0 Å². The van der Waals surface area contributed by atoms with Crippen LogP contribution in [0.2, 0.25) is 0 Å². The van der Waals surface area contributed by atoms with Gasteiger partial charge in [-0.1, -0.05) is 13.8 Å². The predicted octanol–water partition coefficient (Wildman–Crippen LogP) is 0.466. The normalized spacial score (nSPS) is 32.5.